The van der Waals surface area contributed by atoms with E-state index in [4.69, 9.17) is 0 Å². The maximum Gasteiger partial charge on any atom is 0.245 e. The van der Waals surface area contributed by atoms with Gasteiger partial charge in [-0.3, -0.25) is 24.0 Å². The molecule has 3 aromatic carbocycles. The Morgan fingerprint density at radius 2 is 1.46 bits per heavy atom. The first-order valence-corrected chi connectivity index (χ1v) is 13.9. The number of hydrogen-bond donors (Lipinski definition) is 2. The summed E-state index contributed by atoms with van der Waals surface area (Å²) in [6.07, 6.45) is 2.30. The van der Waals surface area contributed by atoms with Crippen LogP contribution in [-0.2, 0) is 32.1 Å². The minimum absolute atomic E-state index is 0.142. The van der Waals surface area contributed by atoms with Crippen molar-refractivity contribution in [3.05, 3.63) is 95.6 Å². The van der Waals surface area contributed by atoms with Gasteiger partial charge in [0.1, 0.15) is 12.1 Å². The SMILES string of the molecule is CC(=O)NC(Cc1ccc(C(=O)C(C)=O)cc1)C(=O)NC1CCCCN(Cc2ccc(-c3ccccc3)cc2)C1=O. The molecule has 3 aromatic rings. The van der Waals surface area contributed by atoms with E-state index < -0.39 is 29.6 Å². The largest absolute Gasteiger partial charge is 0.344 e. The van der Waals surface area contributed by atoms with Crippen LogP contribution in [-0.4, -0.2) is 52.8 Å². The first kappa shape index (κ1) is 29.4. The Balaban J connectivity index is 1.42. The molecule has 0 radical (unpaired) electrons. The fourth-order valence-corrected chi connectivity index (χ4v) is 5.01. The number of rotatable bonds is 10. The molecule has 0 saturated carbocycles. The van der Waals surface area contributed by atoms with Crippen LogP contribution in [0.1, 0.15) is 54.6 Å². The van der Waals surface area contributed by atoms with Crippen molar-refractivity contribution in [2.24, 2.45) is 0 Å². The predicted octanol–water partition coefficient (Wildman–Crippen LogP) is 3.87. The second-order valence-corrected chi connectivity index (χ2v) is 10.4. The van der Waals surface area contributed by atoms with Gasteiger partial charge in [0.2, 0.25) is 23.5 Å². The predicted molar refractivity (Wildman–Crippen MR) is 156 cm³/mol. The lowest BCUT2D eigenvalue weighted by atomic mass is 10.0. The molecule has 2 unspecified atom stereocenters. The number of likely N-dealkylation sites (tertiary alicyclic amines) is 1. The summed E-state index contributed by atoms with van der Waals surface area (Å²) in [5.41, 5.74) is 4.20. The quantitative estimate of drug-likeness (QED) is 0.292. The zero-order valence-electron chi connectivity index (χ0n) is 23.4. The molecule has 2 N–H and O–H groups in total. The van der Waals surface area contributed by atoms with Gasteiger partial charge in [0.15, 0.2) is 5.78 Å². The van der Waals surface area contributed by atoms with Crippen molar-refractivity contribution in [3.63, 3.8) is 0 Å². The fourth-order valence-electron chi connectivity index (χ4n) is 5.01. The van der Waals surface area contributed by atoms with E-state index in [2.05, 4.69) is 22.8 Å². The van der Waals surface area contributed by atoms with Crippen LogP contribution in [0.3, 0.4) is 0 Å². The number of hydrogen-bond acceptors (Lipinski definition) is 5. The molecule has 3 amide bonds. The summed E-state index contributed by atoms with van der Waals surface area (Å²) < 4.78 is 0. The van der Waals surface area contributed by atoms with Gasteiger partial charge in [-0.25, -0.2) is 0 Å². The van der Waals surface area contributed by atoms with Gasteiger partial charge >= 0.3 is 0 Å². The Kier molecular flexibility index (Phi) is 9.79. The molecule has 1 saturated heterocycles. The molecule has 8 heteroatoms. The molecule has 1 aliphatic heterocycles. The highest BCUT2D eigenvalue weighted by atomic mass is 16.2. The summed E-state index contributed by atoms with van der Waals surface area (Å²) in [7, 11) is 0. The van der Waals surface area contributed by atoms with Gasteiger partial charge in [-0.15, -0.1) is 0 Å². The zero-order valence-corrected chi connectivity index (χ0v) is 23.4. The number of Topliss-reactive ketones (excluding diaryl/α,β-unsaturated/α-hetero) is 2. The molecule has 212 valence electrons. The second-order valence-electron chi connectivity index (χ2n) is 10.4. The summed E-state index contributed by atoms with van der Waals surface area (Å²) in [5, 5.41) is 5.56. The third-order valence-electron chi connectivity index (χ3n) is 7.20. The highest BCUT2D eigenvalue weighted by molar-refractivity contribution is 6.42. The highest BCUT2D eigenvalue weighted by Gasteiger charge is 2.31. The van der Waals surface area contributed by atoms with Gasteiger partial charge in [0, 0.05) is 38.9 Å². The fraction of sp³-hybridized carbons (Fsp3) is 0.303. The lowest BCUT2D eigenvalue weighted by molar-refractivity contribution is -0.137. The maximum atomic E-state index is 13.5. The number of benzene rings is 3. The molecule has 1 heterocycles. The molecule has 1 aliphatic rings. The van der Waals surface area contributed by atoms with E-state index in [0.717, 1.165) is 29.5 Å². The summed E-state index contributed by atoms with van der Waals surface area (Å²) in [6, 6.07) is 23.0. The van der Waals surface area contributed by atoms with Crippen LogP contribution >= 0.6 is 0 Å². The van der Waals surface area contributed by atoms with E-state index >= 15 is 0 Å². The van der Waals surface area contributed by atoms with Crippen LogP contribution < -0.4 is 10.6 Å². The first-order chi connectivity index (χ1) is 19.7. The van der Waals surface area contributed by atoms with Gasteiger partial charge in [-0.1, -0.05) is 78.9 Å². The van der Waals surface area contributed by atoms with E-state index in [-0.39, 0.29) is 23.8 Å². The van der Waals surface area contributed by atoms with Crippen molar-refractivity contribution < 1.29 is 24.0 Å². The van der Waals surface area contributed by atoms with Crippen LogP contribution in [0, 0.1) is 0 Å². The van der Waals surface area contributed by atoms with Crippen molar-refractivity contribution in [1.82, 2.24) is 15.5 Å². The molecular formula is C33H35N3O5. The van der Waals surface area contributed by atoms with Crippen LogP contribution in [0.25, 0.3) is 11.1 Å². The Bertz CT molecular complexity index is 1400. The Labute approximate surface area is 240 Å². The molecular weight excluding hydrogens is 518 g/mol. The minimum atomic E-state index is -0.906. The smallest absolute Gasteiger partial charge is 0.245 e. The summed E-state index contributed by atoms with van der Waals surface area (Å²) in [6.45, 7) is 3.59. The lowest BCUT2D eigenvalue weighted by Gasteiger charge is -2.27. The third-order valence-corrected chi connectivity index (χ3v) is 7.20. The average Bonchev–Trinajstić information content (AvgIpc) is 3.14. The van der Waals surface area contributed by atoms with E-state index in [1.807, 2.05) is 42.5 Å². The average molecular weight is 554 g/mol. The molecule has 41 heavy (non-hydrogen) atoms. The minimum Gasteiger partial charge on any atom is -0.344 e. The second kappa shape index (κ2) is 13.7. The number of amides is 3. The normalized spacial score (nSPS) is 15.9. The summed E-state index contributed by atoms with van der Waals surface area (Å²) >= 11 is 0. The van der Waals surface area contributed by atoms with Crippen molar-refractivity contribution in [2.75, 3.05) is 6.54 Å². The lowest BCUT2D eigenvalue weighted by Crippen LogP contribution is -2.54. The highest BCUT2D eigenvalue weighted by Crippen LogP contribution is 2.21. The molecule has 0 bridgehead atoms. The topological polar surface area (TPSA) is 113 Å². The van der Waals surface area contributed by atoms with Crippen molar-refractivity contribution in [2.45, 2.75) is 58.2 Å². The summed E-state index contributed by atoms with van der Waals surface area (Å²) in [5.74, 6) is -2.11. The van der Waals surface area contributed by atoms with Gasteiger partial charge in [-0.2, -0.15) is 0 Å². The number of nitrogens with zero attached hydrogens (tertiary/aromatic N) is 1. The first-order valence-electron chi connectivity index (χ1n) is 13.9. The molecule has 0 aliphatic carbocycles. The van der Waals surface area contributed by atoms with Crippen molar-refractivity contribution >= 4 is 29.3 Å². The monoisotopic (exact) mass is 553 g/mol. The number of carbonyl (C=O) groups excluding carboxylic acids is 5. The molecule has 0 aromatic heterocycles. The van der Waals surface area contributed by atoms with Crippen molar-refractivity contribution in [1.29, 1.82) is 0 Å². The van der Waals surface area contributed by atoms with Gasteiger partial charge < -0.3 is 15.5 Å². The summed E-state index contributed by atoms with van der Waals surface area (Å²) in [4.78, 5) is 63.8. The Morgan fingerprint density at radius 3 is 2.10 bits per heavy atom. The Hall–Kier alpha value is -4.59. The zero-order chi connectivity index (χ0) is 29.4. The third kappa shape index (κ3) is 7.97. The number of carbonyl (C=O) groups is 5. The van der Waals surface area contributed by atoms with Crippen molar-refractivity contribution in [3.8, 4) is 11.1 Å². The standard InChI is InChI=1S/C33H35N3O5/c1-22(37)31(39)28-17-11-24(12-18-28)20-30(34-23(2)38)32(40)35-29-10-6-7-19-36(33(29)41)21-25-13-15-27(16-14-25)26-8-4-3-5-9-26/h3-5,8-9,11-18,29-30H,6-7,10,19-21H2,1-2H3,(H,34,38)(H,35,40). The molecule has 8 nitrogen and oxygen atoms in total. The van der Waals surface area contributed by atoms with E-state index in [9.17, 15) is 24.0 Å². The van der Waals surface area contributed by atoms with Gasteiger partial charge in [0.25, 0.3) is 0 Å². The molecule has 4 rings (SSSR count). The maximum absolute atomic E-state index is 13.5. The van der Waals surface area contributed by atoms with Gasteiger partial charge in [-0.05, 0) is 41.5 Å². The van der Waals surface area contributed by atoms with Crippen LogP contribution in [0.4, 0.5) is 0 Å². The molecule has 1 fully saturated rings. The van der Waals surface area contributed by atoms with Crippen LogP contribution in [0.5, 0.6) is 0 Å². The Morgan fingerprint density at radius 1 is 0.829 bits per heavy atom. The number of nitrogens with one attached hydrogen (secondary N) is 2. The van der Waals surface area contributed by atoms with Gasteiger partial charge in [0.05, 0.1) is 0 Å². The van der Waals surface area contributed by atoms with Crippen LogP contribution in [0.2, 0.25) is 0 Å². The van der Waals surface area contributed by atoms with Crippen LogP contribution in [0.15, 0.2) is 78.9 Å². The molecule has 0 spiro atoms. The van der Waals surface area contributed by atoms with E-state index in [0.29, 0.717) is 25.1 Å². The number of ketones is 2. The molecule has 2 atom stereocenters. The van der Waals surface area contributed by atoms with E-state index in [1.165, 1.54) is 26.0 Å². The van der Waals surface area contributed by atoms with E-state index in [1.54, 1.807) is 17.0 Å².